The van der Waals surface area contributed by atoms with Gasteiger partial charge in [-0.1, -0.05) is 0 Å². The summed E-state index contributed by atoms with van der Waals surface area (Å²) in [6.45, 7) is 0. The number of hydrogen-bond donors (Lipinski definition) is 0. The van der Waals surface area contributed by atoms with Crippen LogP contribution in [0.25, 0.3) is 0 Å². The fourth-order valence-electron chi connectivity index (χ4n) is 0. The summed E-state index contributed by atoms with van der Waals surface area (Å²) in [5.74, 6) is 0. The topological polar surface area (TPSA) is 0 Å². The molecule has 0 aliphatic rings. The van der Waals surface area contributed by atoms with Gasteiger partial charge in [-0.2, -0.15) is 0 Å². The molecule has 0 rings (SSSR count). The quantitative estimate of drug-likeness (QED) is 0.559. The van der Waals surface area contributed by atoms with Crippen molar-refractivity contribution in [1.82, 2.24) is 0 Å². The molecule has 0 aliphatic heterocycles. The maximum absolute atomic E-state index is 5.47. The van der Waals surface area contributed by atoms with Crippen LogP contribution in [0.15, 0.2) is 0 Å². The summed E-state index contributed by atoms with van der Waals surface area (Å²) in [5.41, 5.74) is 0. The van der Waals surface area contributed by atoms with Crippen molar-refractivity contribution in [3.05, 3.63) is 0 Å². The van der Waals surface area contributed by atoms with Crippen LogP contribution < -0.4 is 0 Å². The second kappa shape index (κ2) is 1.62. The Morgan fingerprint density at radius 1 is 0.571 bits per heavy atom. The van der Waals surface area contributed by atoms with Crippen molar-refractivity contribution in [2.75, 3.05) is 0 Å². The SMILES string of the molecule is [Cl][Po]([Cl])([Cl])([Cl])([Cl])[Cl]. The summed E-state index contributed by atoms with van der Waals surface area (Å²) in [6.07, 6.45) is 0. The molecule has 0 spiro atoms. The predicted octanol–water partition coefficient (Wildman–Crippen LogP) is 3.76. The zero-order valence-corrected chi connectivity index (χ0v) is 10.4. The predicted molar refractivity (Wildman–Crippen MR) is 40.9 cm³/mol. The van der Waals surface area contributed by atoms with Crippen molar-refractivity contribution in [3.63, 3.8) is 0 Å². The Labute approximate surface area is 59.9 Å². The van der Waals surface area contributed by atoms with Crippen LogP contribution in [0.3, 0.4) is 0 Å². The minimum atomic E-state index is -5.47. The Morgan fingerprint density at radius 3 is 0.571 bits per heavy atom. The van der Waals surface area contributed by atoms with Crippen molar-refractivity contribution >= 4 is 61.0 Å². The molecule has 7 heteroatoms. The van der Waals surface area contributed by atoms with Gasteiger partial charge >= 0.3 is 61.0 Å². The maximum atomic E-state index is 5.07. The zero-order chi connectivity index (χ0) is 6.41. The summed E-state index contributed by atoms with van der Waals surface area (Å²) in [6, 6.07) is 0. The van der Waals surface area contributed by atoms with Gasteiger partial charge in [0, 0.05) is 0 Å². The molecule has 0 aliphatic carbocycles. The van der Waals surface area contributed by atoms with Gasteiger partial charge in [-0.05, 0) is 0 Å². The van der Waals surface area contributed by atoms with Gasteiger partial charge in [0.1, 0.15) is 0 Å². The van der Waals surface area contributed by atoms with Crippen LogP contribution >= 0.6 is 50.7 Å². The third kappa shape index (κ3) is 54.7. The molecule has 0 atom stereocenters. The number of hydrogen-bond acceptors (Lipinski definition) is 0. The molecule has 0 aromatic heterocycles. The van der Waals surface area contributed by atoms with Gasteiger partial charge in [0.2, 0.25) is 0 Å². The normalized spacial score (nSPS) is 23.1. The average Bonchev–Trinajstić information content (AvgIpc) is 0.592. The van der Waals surface area contributed by atoms with E-state index >= 15 is 0 Å². The van der Waals surface area contributed by atoms with Gasteiger partial charge in [-0.25, -0.2) is 0 Å². The van der Waals surface area contributed by atoms with E-state index in [1.165, 1.54) is 0 Å². The van der Waals surface area contributed by atoms with E-state index in [1.54, 1.807) is 0 Å². The van der Waals surface area contributed by atoms with E-state index < -0.39 is 10.3 Å². The standard InChI is InChI=1S/6ClH.Po/h6*1H;/q;;;;;;+6/p-6. The molecular formula is Cl6Po. The van der Waals surface area contributed by atoms with Crippen LogP contribution in [-0.2, 0) is 0 Å². The summed E-state index contributed by atoms with van der Waals surface area (Å²) >= 11 is 0. The molecule has 0 radical (unpaired) electrons. The number of halogens is 6. The molecule has 0 aromatic rings. The van der Waals surface area contributed by atoms with E-state index in [0.29, 0.717) is 0 Å². The van der Waals surface area contributed by atoms with Gasteiger partial charge in [0.15, 0.2) is 0 Å². The Kier molecular flexibility index (Phi) is 2.23. The van der Waals surface area contributed by atoms with Crippen molar-refractivity contribution in [2.24, 2.45) is 0 Å². The first-order valence-corrected chi connectivity index (χ1v) is 24.4. The van der Waals surface area contributed by atoms with E-state index in [2.05, 4.69) is 0 Å². The van der Waals surface area contributed by atoms with Gasteiger partial charge < -0.3 is 0 Å². The summed E-state index contributed by atoms with van der Waals surface area (Å²) in [5, 5.41) is 0. The minimum absolute atomic E-state index is 5.07. The van der Waals surface area contributed by atoms with Crippen LogP contribution in [0.2, 0.25) is 0 Å². The number of rotatable bonds is 0. The fourth-order valence-corrected chi connectivity index (χ4v) is 0. The molecule has 0 bridgehead atoms. The van der Waals surface area contributed by atoms with Gasteiger partial charge in [-0.15, -0.1) is 0 Å². The van der Waals surface area contributed by atoms with E-state index in [4.69, 9.17) is 50.7 Å². The van der Waals surface area contributed by atoms with E-state index in [9.17, 15) is 0 Å². The molecule has 0 N–H and O–H groups in total. The van der Waals surface area contributed by atoms with Crippen LogP contribution in [-0.4, -0.2) is 10.3 Å². The molecule has 0 unspecified atom stereocenters. The third-order valence-electron chi connectivity index (χ3n) is 0. The average molecular weight is 422 g/mol. The second-order valence-corrected chi connectivity index (χ2v) is 69.1. The molecule has 0 heterocycles. The van der Waals surface area contributed by atoms with Gasteiger partial charge in [-0.3, -0.25) is 0 Å². The molecule has 0 amide bonds. The van der Waals surface area contributed by atoms with Crippen molar-refractivity contribution < 1.29 is 0 Å². The second-order valence-electron chi connectivity index (χ2n) is 0.875. The first-order chi connectivity index (χ1) is 2.45. The van der Waals surface area contributed by atoms with Gasteiger partial charge in [0.25, 0.3) is 0 Å². The van der Waals surface area contributed by atoms with E-state index in [-0.39, 0.29) is 0 Å². The first-order valence-electron chi connectivity index (χ1n) is 0.926. The molecule has 0 aromatic carbocycles. The zero-order valence-electron chi connectivity index (χ0n) is 2.68. The molecule has 48 valence electrons. The molecule has 0 nitrogen and oxygen atoms in total. The molecule has 0 saturated heterocycles. The Bertz CT molecular complexity index is 62.7. The Balaban J connectivity index is 4.43. The van der Waals surface area contributed by atoms with Crippen LogP contribution in [0.5, 0.6) is 0 Å². The first kappa shape index (κ1) is 9.64. The Morgan fingerprint density at radius 2 is 0.571 bits per heavy atom. The van der Waals surface area contributed by atoms with Crippen LogP contribution in [0, 0.1) is 0 Å². The van der Waals surface area contributed by atoms with Crippen molar-refractivity contribution in [2.45, 2.75) is 0 Å². The monoisotopic (exact) mass is 419 g/mol. The van der Waals surface area contributed by atoms with E-state index in [0.717, 1.165) is 0 Å². The molecule has 7 heavy (non-hydrogen) atoms. The van der Waals surface area contributed by atoms with Crippen LogP contribution in [0.4, 0.5) is 0 Å². The third-order valence-corrected chi connectivity index (χ3v) is 0. The summed E-state index contributed by atoms with van der Waals surface area (Å²) in [4.78, 5) is 0. The molecule has 0 saturated carbocycles. The van der Waals surface area contributed by atoms with Crippen molar-refractivity contribution in [1.29, 1.82) is 0 Å². The van der Waals surface area contributed by atoms with Gasteiger partial charge in [0.05, 0.1) is 0 Å². The summed E-state index contributed by atoms with van der Waals surface area (Å²) < 4.78 is 0. The summed E-state index contributed by atoms with van der Waals surface area (Å²) in [7, 11) is 24.9. The molecule has 0 fully saturated rings. The Hall–Kier alpha value is 2.64. The molecular weight excluding hydrogens is 422 g/mol. The van der Waals surface area contributed by atoms with Crippen LogP contribution in [0.1, 0.15) is 0 Å². The van der Waals surface area contributed by atoms with Crippen molar-refractivity contribution in [3.8, 4) is 0 Å². The van der Waals surface area contributed by atoms with E-state index in [1.807, 2.05) is 0 Å². The fraction of sp³-hybridized carbons (Fsp3) is 0.